The summed E-state index contributed by atoms with van der Waals surface area (Å²) in [6, 6.07) is 0.738. The summed E-state index contributed by atoms with van der Waals surface area (Å²) in [5.74, 6) is 1.11. The van der Waals surface area contributed by atoms with Gasteiger partial charge in [-0.1, -0.05) is 0 Å². The van der Waals surface area contributed by atoms with Gasteiger partial charge in [0.2, 0.25) is 5.91 Å². The lowest BCUT2D eigenvalue weighted by atomic mass is 9.87. The molecule has 1 saturated carbocycles. The molecule has 1 saturated heterocycles. The lowest BCUT2D eigenvalue weighted by Crippen LogP contribution is -2.52. The van der Waals surface area contributed by atoms with E-state index in [1.165, 1.54) is 12.8 Å². The van der Waals surface area contributed by atoms with Crippen LogP contribution < -0.4 is 5.32 Å². The highest BCUT2D eigenvalue weighted by Crippen LogP contribution is 2.36. The number of nitrogens with zero attached hydrogens (tertiary/aromatic N) is 1. The summed E-state index contributed by atoms with van der Waals surface area (Å²) < 4.78 is 0. The number of likely N-dealkylation sites (tertiary alicyclic amines) is 1. The minimum atomic E-state index is -0.130. The van der Waals surface area contributed by atoms with E-state index in [0.29, 0.717) is 17.9 Å². The van der Waals surface area contributed by atoms with E-state index in [0.717, 1.165) is 25.9 Å². The van der Waals surface area contributed by atoms with Crippen LogP contribution in [0.2, 0.25) is 0 Å². The number of hydrogen-bond acceptors (Lipinski definition) is 3. The average Bonchev–Trinajstić information content (AvgIpc) is 3.10. The van der Waals surface area contributed by atoms with E-state index < -0.39 is 0 Å². The SMILES string of the molecule is CC(=O)NC1CC(CC(O)C2CC2)CN(C(C)C)C1. The van der Waals surface area contributed by atoms with Crippen LogP contribution in [0.25, 0.3) is 0 Å². The van der Waals surface area contributed by atoms with E-state index in [4.69, 9.17) is 0 Å². The molecule has 3 unspecified atom stereocenters. The molecule has 0 radical (unpaired) electrons. The van der Waals surface area contributed by atoms with Gasteiger partial charge in [0.1, 0.15) is 0 Å². The number of carbonyl (C=O) groups excluding carboxylic acids is 1. The Labute approximate surface area is 116 Å². The van der Waals surface area contributed by atoms with Crippen molar-refractivity contribution in [1.29, 1.82) is 0 Å². The number of rotatable bonds is 5. The fourth-order valence-corrected chi connectivity index (χ4v) is 3.24. The number of hydrogen-bond donors (Lipinski definition) is 2. The average molecular weight is 268 g/mol. The first-order valence-electron chi connectivity index (χ1n) is 7.65. The molecule has 2 fully saturated rings. The van der Waals surface area contributed by atoms with Gasteiger partial charge < -0.3 is 10.4 Å². The van der Waals surface area contributed by atoms with Crippen LogP contribution in [0.4, 0.5) is 0 Å². The van der Waals surface area contributed by atoms with Gasteiger partial charge in [-0.05, 0) is 51.4 Å². The van der Waals surface area contributed by atoms with Crippen molar-refractivity contribution in [3.05, 3.63) is 0 Å². The van der Waals surface area contributed by atoms with Crippen molar-refractivity contribution in [2.45, 2.75) is 64.6 Å². The van der Waals surface area contributed by atoms with Crippen LogP contribution in [0.5, 0.6) is 0 Å². The molecule has 2 rings (SSSR count). The third-order valence-electron chi connectivity index (χ3n) is 4.44. The molecule has 1 aliphatic heterocycles. The van der Waals surface area contributed by atoms with Gasteiger partial charge in [-0.3, -0.25) is 9.69 Å². The zero-order chi connectivity index (χ0) is 14.0. The standard InChI is InChI=1S/C15H28N2O2/c1-10(2)17-8-12(7-15(19)13-4-5-13)6-14(9-17)16-11(3)18/h10,12-15,19H,4-9H2,1-3H3,(H,16,18). The summed E-state index contributed by atoms with van der Waals surface area (Å²) >= 11 is 0. The van der Waals surface area contributed by atoms with Gasteiger partial charge in [-0.25, -0.2) is 0 Å². The molecule has 4 heteroatoms. The van der Waals surface area contributed by atoms with Gasteiger partial charge in [0.25, 0.3) is 0 Å². The Morgan fingerprint density at radius 1 is 1.37 bits per heavy atom. The van der Waals surface area contributed by atoms with Gasteiger partial charge in [-0.15, -0.1) is 0 Å². The van der Waals surface area contributed by atoms with Crippen LogP contribution in [0.15, 0.2) is 0 Å². The molecule has 19 heavy (non-hydrogen) atoms. The number of aliphatic hydroxyl groups excluding tert-OH is 1. The monoisotopic (exact) mass is 268 g/mol. The summed E-state index contributed by atoms with van der Waals surface area (Å²) in [6.45, 7) is 7.97. The topological polar surface area (TPSA) is 52.6 Å². The zero-order valence-electron chi connectivity index (χ0n) is 12.4. The highest BCUT2D eigenvalue weighted by atomic mass is 16.3. The van der Waals surface area contributed by atoms with Crippen molar-refractivity contribution in [2.75, 3.05) is 13.1 Å². The maximum Gasteiger partial charge on any atom is 0.217 e. The van der Waals surface area contributed by atoms with Crippen molar-refractivity contribution >= 4 is 5.91 Å². The zero-order valence-corrected chi connectivity index (χ0v) is 12.4. The predicted octanol–water partition coefficient (Wildman–Crippen LogP) is 1.38. The van der Waals surface area contributed by atoms with Crippen LogP contribution in [0.1, 0.15) is 46.5 Å². The molecule has 0 aromatic rings. The van der Waals surface area contributed by atoms with Crippen molar-refractivity contribution in [3.63, 3.8) is 0 Å². The van der Waals surface area contributed by atoms with Crippen molar-refractivity contribution < 1.29 is 9.90 Å². The number of aliphatic hydroxyl groups is 1. The second-order valence-electron chi connectivity index (χ2n) is 6.69. The number of amides is 1. The Bertz CT molecular complexity index is 313. The molecule has 2 aliphatic rings. The molecule has 0 bridgehead atoms. The van der Waals surface area contributed by atoms with Gasteiger partial charge >= 0.3 is 0 Å². The van der Waals surface area contributed by atoms with Crippen LogP contribution in [-0.4, -0.2) is 47.2 Å². The number of carbonyl (C=O) groups is 1. The second kappa shape index (κ2) is 6.23. The Balaban J connectivity index is 1.90. The lowest BCUT2D eigenvalue weighted by molar-refractivity contribution is -0.120. The van der Waals surface area contributed by atoms with Crippen molar-refractivity contribution in [2.24, 2.45) is 11.8 Å². The van der Waals surface area contributed by atoms with Gasteiger partial charge in [-0.2, -0.15) is 0 Å². The molecule has 0 spiro atoms. The maximum absolute atomic E-state index is 11.3. The quantitative estimate of drug-likeness (QED) is 0.792. The first kappa shape index (κ1) is 14.8. The molecule has 2 N–H and O–H groups in total. The minimum Gasteiger partial charge on any atom is -0.393 e. The molecule has 110 valence electrons. The number of nitrogens with one attached hydrogen (secondary N) is 1. The Morgan fingerprint density at radius 2 is 2.05 bits per heavy atom. The molecule has 0 aromatic carbocycles. The van der Waals surface area contributed by atoms with Crippen LogP contribution in [0.3, 0.4) is 0 Å². The Kier molecular flexibility index (Phi) is 4.85. The molecule has 3 atom stereocenters. The fraction of sp³-hybridized carbons (Fsp3) is 0.933. The number of piperidine rings is 1. The maximum atomic E-state index is 11.3. The predicted molar refractivity (Wildman–Crippen MR) is 75.8 cm³/mol. The fourth-order valence-electron chi connectivity index (χ4n) is 3.24. The lowest BCUT2D eigenvalue weighted by Gasteiger charge is -2.40. The molecule has 1 aliphatic carbocycles. The summed E-state index contributed by atoms with van der Waals surface area (Å²) in [7, 11) is 0. The van der Waals surface area contributed by atoms with E-state index in [2.05, 4.69) is 24.1 Å². The molecule has 1 heterocycles. The Hall–Kier alpha value is -0.610. The smallest absolute Gasteiger partial charge is 0.217 e. The normalized spacial score (nSPS) is 30.4. The first-order chi connectivity index (χ1) is 8.95. The van der Waals surface area contributed by atoms with Crippen molar-refractivity contribution in [3.8, 4) is 0 Å². The van der Waals surface area contributed by atoms with E-state index >= 15 is 0 Å². The summed E-state index contributed by atoms with van der Waals surface area (Å²) in [6.07, 6.45) is 4.15. The largest absolute Gasteiger partial charge is 0.393 e. The molecule has 4 nitrogen and oxygen atoms in total. The highest BCUT2D eigenvalue weighted by molar-refractivity contribution is 5.73. The third kappa shape index (κ3) is 4.46. The van der Waals surface area contributed by atoms with Crippen LogP contribution >= 0.6 is 0 Å². The van der Waals surface area contributed by atoms with Crippen LogP contribution in [0, 0.1) is 11.8 Å². The third-order valence-corrected chi connectivity index (χ3v) is 4.44. The van der Waals surface area contributed by atoms with Crippen LogP contribution in [-0.2, 0) is 4.79 Å². The molecular formula is C15H28N2O2. The van der Waals surface area contributed by atoms with Crippen molar-refractivity contribution in [1.82, 2.24) is 10.2 Å². The molecule has 0 aromatic heterocycles. The summed E-state index contributed by atoms with van der Waals surface area (Å²) in [5.41, 5.74) is 0. The summed E-state index contributed by atoms with van der Waals surface area (Å²) in [4.78, 5) is 13.7. The van der Waals surface area contributed by atoms with E-state index in [1.54, 1.807) is 6.92 Å². The van der Waals surface area contributed by atoms with E-state index in [1.807, 2.05) is 0 Å². The molecular weight excluding hydrogens is 240 g/mol. The first-order valence-corrected chi connectivity index (χ1v) is 7.65. The molecule has 1 amide bonds. The highest BCUT2D eigenvalue weighted by Gasteiger charge is 2.35. The minimum absolute atomic E-state index is 0.0529. The second-order valence-corrected chi connectivity index (χ2v) is 6.69. The van der Waals surface area contributed by atoms with Gasteiger partial charge in [0.05, 0.1) is 6.10 Å². The van der Waals surface area contributed by atoms with Gasteiger partial charge in [0, 0.05) is 32.1 Å². The van der Waals surface area contributed by atoms with Gasteiger partial charge in [0.15, 0.2) is 0 Å². The van der Waals surface area contributed by atoms with E-state index in [-0.39, 0.29) is 18.1 Å². The van der Waals surface area contributed by atoms with E-state index in [9.17, 15) is 9.90 Å². The Morgan fingerprint density at radius 3 is 2.58 bits per heavy atom. The summed E-state index contributed by atoms with van der Waals surface area (Å²) in [5, 5.41) is 13.2.